The number of carbonyl (C=O) groups is 1. The normalized spacial score (nSPS) is 16.2. The molecular weight excluding hydrogens is 282 g/mol. The first-order valence-corrected chi connectivity index (χ1v) is 7.86. The number of hydrogen-bond acceptors (Lipinski definition) is 4. The molecule has 0 spiro atoms. The number of methoxy groups -OCH3 is 1. The lowest BCUT2D eigenvalue weighted by Crippen LogP contribution is -2.33. The van der Waals surface area contributed by atoms with Crippen molar-refractivity contribution in [2.45, 2.75) is 36.6 Å². The first kappa shape index (κ1) is 14.8. The van der Waals surface area contributed by atoms with Crippen LogP contribution in [0.3, 0.4) is 0 Å². The van der Waals surface area contributed by atoms with Crippen LogP contribution in [0.5, 0.6) is 5.75 Å². The molecule has 6 nitrogen and oxygen atoms in total. The van der Waals surface area contributed by atoms with Gasteiger partial charge in [-0.3, -0.25) is 0 Å². The first-order chi connectivity index (χ1) is 9.44. The zero-order valence-electron chi connectivity index (χ0n) is 11.1. The van der Waals surface area contributed by atoms with Crippen molar-refractivity contribution in [1.82, 2.24) is 4.72 Å². The van der Waals surface area contributed by atoms with Gasteiger partial charge in [-0.2, -0.15) is 0 Å². The molecule has 1 aliphatic carbocycles. The number of nitrogens with one attached hydrogen (secondary N) is 1. The average molecular weight is 299 g/mol. The molecule has 1 saturated carbocycles. The Kier molecular flexibility index (Phi) is 4.29. The second kappa shape index (κ2) is 5.80. The molecule has 1 fully saturated rings. The van der Waals surface area contributed by atoms with Gasteiger partial charge in [-0.1, -0.05) is 12.8 Å². The van der Waals surface area contributed by atoms with E-state index in [2.05, 4.69) is 4.72 Å². The molecule has 110 valence electrons. The zero-order chi connectivity index (χ0) is 14.8. The number of rotatable bonds is 5. The van der Waals surface area contributed by atoms with Crippen LogP contribution in [0.25, 0.3) is 0 Å². The second-order valence-corrected chi connectivity index (χ2v) is 6.46. The lowest BCUT2D eigenvalue weighted by atomic mass is 10.2. The Hall–Kier alpha value is -1.60. The maximum absolute atomic E-state index is 12.4. The summed E-state index contributed by atoms with van der Waals surface area (Å²) in [5.74, 6) is -1.04. The Morgan fingerprint density at radius 2 is 2.00 bits per heavy atom. The summed E-state index contributed by atoms with van der Waals surface area (Å²) < 4.78 is 32.3. The van der Waals surface area contributed by atoms with Crippen molar-refractivity contribution in [3.63, 3.8) is 0 Å². The van der Waals surface area contributed by atoms with Gasteiger partial charge < -0.3 is 9.84 Å². The van der Waals surface area contributed by atoms with Crippen molar-refractivity contribution < 1.29 is 23.1 Å². The van der Waals surface area contributed by atoms with Crippen LogP contribution in [0.4, 0.5) is 0 Å². The van der Waals surface area contributed by atoms with Crippen LogP contribution in [0.15, 0.2) is 23.1 Å². The topological polar surface area (TPSA) is 92.7 Å². The summed E-state index contributed by atoms with van der Waals surface area (Å²) in [6.45, 7) is 0. The molecule has 1 aliphatic rings. The van der Waals surface area contributed by atoms with Crippen molar-refractivity contribution in [3.8, 4) is 5.75 Å². The van der Waals surface area contributed by atoms with Crippen LogP contribution < -0.4 is 9.46 Å². The fraction of sp³-hybridized carbons (Fsp3) is 0.462. The summed E-state index contributed by atoms with van der Waals surface area (Å²) in [7, 11) is -2.43. The summed E-state index contributed by atoms with van der Waals surface area (Å²) in [5, 5.41) is 8.97. The van der Waals surface area contributed by atoms with Gasteiger partial charge in [0, 0.05) is 6.04 Å². The molecule has 1 aromatic carbocycles. The summed E-state index contributed by atoms with van der Waals surface area (Å²) in [6.07, 6.45) is 3.61. The van der Waals surface area contributed by atoms with Gasteiger partial charge in [0.2, 0.25) is 10.0 Å². The van der Waals surface area contributed by atoms with E-state index in [1.807, 2.05) is 0 Å². The molecule has 1 aromatic rings. The number of benzene rings is 1. The van der Waals surface area contributed by atoms with Gasteiger partial charge in [-0.15, -0.1) is 0 Å². The molecule has 7 heteroatoms. The monoisotopic (exact) mass is 299 g/mol. The third-order valence-corrected chi connectivity index (χ3v) is 4.92. The molecule has 0 radical (unpaired) electrons. The number of hydrogen-bond donors (Lipinski definition) is 2. The van der Waals surface area contributed by atoms with Crippen LogP contribution in [0, 0.1) is 0 Å². The first-order valence-electron chi connectivity index (χ1n) is 6.37. The predicted octanol–water partition coefficient (Wildman–Crippen LogP) is 1.61. The molecule has 0 bridgehead atoms. The van der Waals surface area contributed by atoms with Gasteiger partial charge in [0.05, 0.1) is 12.7 Å². The van der Waals surface area contributed by atoms with Crippen molar-refractivity contribution in [1.29, 1.82) is 0 Å². The lowest BCUT2D eigenvalue weighted by Gasteiger charge is -2.15. The maximum atomic E-state index is 12.4. The van der Waals surface area contributed by atoms with Gasteiger partial charge >= 0.3 is 5.97 Å². The van der Waals surface area contributed by atoms with Crippen molar-refractivity contribution in [3.05, 3.63) is 23.8 Å². The van der Waals surface area contributed by atoms with E-state index in [9.17, 15) is 13.2 Å². The molecule has 0 aromatic heterocycles. The molecule has 0 unspecified atom stereocenters. The second-order valence-electron chi connectivity index (χ2n) is 4.77. The SMILES string of the molecule is COc1ccc(C(=O)O)cc1S(=O)(=O)NC1CCCC1. The molecule has 0 aliphatic heterocycles. The van der Waals surface area contributed by atoms with Gasteiger partial charge in [-0.25, -0.2) is 17.9 Å². The fourth-order valence-electron chi connectivity index (χ4n) is 2.35. The number of ether oxygens (including phenoxy) is 1. The molecule has 0 heterocycles. The molecule has 0 amide bonds. The number of carboxylic acid groups (broad SMARTS) is 1. The summed E-state index contributed by atoms with van der Waals surface area (Å²) in [6, 6.07) is 3.71. The molecule has 0 atom stereocenters. The number of sulfonamides is 1. The van der Waals surface area contributed by atoms with Crippen LogP contribution in [-0.2, 0) is 10.0 Å². The van der Waals surface area contributed by atoms with Crippen LogP contribution in [-0.4, -0.2) is 32.6 Å². The van der Waals surface area contributed by atoms with Gasteiger partial charge in [0.25, 0.3) is 0 Å². The molecular formula is C13H17NO5S. The van der Waals surface area contributed by atoms with Crippen LogP contribution in [0.2, 0.25) is 0 Å². The minimum absolute atomic E-state index is 0.0850. The average Bonchev–Trinajstić information content (AvgIpc) is 2.90. The highest BCUT2D eigenvalue weighted by Gasteiger charge is 2.26. The molecule has 0 saturated heterocycles. The third kappa shape index (κ3) is 3.10. The Morgan fingerprint density at radius 1 is 1.35 bits per heavy atom. The molecule has 2 N–H and O–H groups in total. The Morgan fingerprint density at radius 3 is 2.55 bits per heavy atom. The minimum atomic E-state index is -3.78. The third-order valence-electron chi connectivity index (χ3n) is 3.38. The van der Waals surface area contributed by atoms with E-state index in [1.54, 1.807) is 0 Å². The summed E-state index contributed by atoms with van der Waals surface area (Å²) in [5.41, 5.74) is -0.0856. The van der Waals surface area contributed by atoms with Crippen LogP contribution >= 0.6 is 0 Å². The van der Waals surface area contributed by atoms with Crippen LogP contribution in [0.1, 0.15) is 36.0 Å². The lowest BCUT2D eigenvalue weighted by molar-refractivity contribution is 0.0696. The number of aromatic carboxylic acids is 1. The Bertz CT molecular complexity index is 605. The van der Waals surface area contributed by atoms with E-state index in [0.29, 0.717) is 0 Å². The quantitative estimate of drug-likeness (QED) is 0.861. The smallest absolute Gasteiger partial charge is 0.335 e. The van der Waals surface area contributed by atoms with Crippen molar-refractivity contribution in [2.75, 3.05) is 7.11 Å². The van der Waals surface area contributed by atoms with E-state index in [4.69, 9.17) is 9.84 Å². The zero-order valence-corrected chi connectivity index (χ0v) is 11.9. The van der Waals surface area contributed by atoms with Crippen molar-refractivity contribution in [2.24, 2.45) is 0 Å². The van der Waals surface area contributed by atoms with E-state index in [0.717, 1.165) is 31.7 Å². The number of carboxylic acids is 1. The van der Waals surface area contributed by atoms with Gasteiger partial charge in [0.15, 0.2) is 0 Å². The van der Waals surface area contributed by atoms with E-state index in [1.165, 1.54) is 19.2 Å². The van der Waals surface area contributed by atoms with E-state index >= 15 is 0 Å². The molecule has 20 heavy (non-hydrogen) atoms. The molecule has 2 rings (SSSR count). The predicted molar refractivity (Wildman–Crippen MR) is 72.5 cm³/mol. The van der Waals surface area contributed by atoms with Crippen molar-refractivity contribution >= 4 is 16.0 Å². The van der Waals surface area contributed by atoms with Gasteiger partial charge in [-0.05, 0) is 31.0 Å². The van der Waals surface area contributed by atoms with Gasteiger partial charge in [0.1, 0.15) is 10.6 Å². The highest BCUT2D eigenvalue weighted by molar-refractivity contribution is 7.89. The maximum Gasteiger partial charge on any atom is 0.335 e. The van der Waals surface area contributed by atoms with E-state index in [-0.39, 0.29) is 22.3 Å². The Balaban J connectivity index is 2.37. The highest BCUT2D eigenvalue weighted by Crippen LogP contribution is 2.27. The van der Waals surface area contributed by atoms with E-state index < -0.39 is 16.0 Å². The standard InChI is InChI=1S/C13H17NO5S/c1-19-11-7-6-9(13(15)16)8-12(11)20(17,18)14-10-4-2-3-5-10/h6-8,10,14H,2-5H2,1H3,(H,15,16). The fourth-order valence-corrected chi connectivity index (χ4v) is 3.85. The summed E-state index contributed by atoms with van der Waals surface area (Å²) >= 11 is 0. The summed E-state index contributed by atoms with van der Waals surface area (Å²) in [4.78, 5) is 10.8. The minimum Gasteiger partial charge on any atom is -0.495 e. The largest absolute Gasteiger partial charge is 0.495 e. The highest BCUT2D eigenvalue weighted by atomic mass is 32.2. The Labute approximate surface area is 117 Å².